The van der Waals surface area contributed by atoms with E-state index in [0.717, 1.165) is 0 Å². The van der Waals surface area contributed by atoms with Crippen LogP contribution < -0.4 is 20.7 Å². The van der Waals surface area contributed by atoms with Crippen LogP contribution in [-0.2, 0) is 16.1 Å². The Labute approximate surface area is 138 Å². The lowest BCUT2D eigenvalue weighted by Crippen LogP contribution is -2.55. The van der Waals surface area contributed by atoms with Crippen LogP contribution in [0, 0.1) is 0 Å². The molecule has 0 fully saturated rings. The standard InChI is InChI=1S/C16H18N4O4/c1-16(2)15(22)20(14-11(24-16)5-6-12(17)19-14)9-13(21)18-8-10-4-3-7-23-10/h3-7H,8-9H2,1-2H3,(H2,17,19)(H,18,21). The molecule has 0 unspecified atom stereocenters. The molecule has 0 spiro atoms. The van der Waals surface area contributed by atoms with Gasteiger partial charge in [0.25, 0.3) is 5.91 Å². The van der Waals surface area contributed by atoms with Crippen LogP contribution >= 0.6 is 0 Å². The molecule has 0 radical (unpaired) electrons. The number of nitrogens with zero attached hydrogens (tertiary/aromatic N) is 2. The first-order valence-corrected chi connectivity index (χ1v) is 7.43. The minimum Gasteiger partial charge on any atom is -0.474 e. The van der Waals surface area contributed by atoms with Crippen LogP contribution in [0.4, 0.5) is 11.6 Å². The monoisotopic (exact) mass is 330 g/mol. The van der Waals surface area contributed by atoms with Crippen molar-refractivity contribution in [1.29, 1.82) is 0 Å². The van der Waals surface area contributed by atoms with Crippen molar-refractivity contribution in [3.8, 4) is 5.75 Å². The third-order valence-corrected chi connectivity index (χ3v) is 3.58. The van der Waals surface area contributed by atoms with Crippen molar-refractivity contribution in [1.82, 2.24) is 10.3 Å². The average molecular weight is 330 g/mol. The molecule has 8 nitrogen and oxygen atoms in total. The lowest BCUT2D eigenvalue weighted by Gasteiger charge is -2.37. The van der Waals surface area contributed by atoms with Gasteiger partial charge in [0.15, 0.2) is 17.2 Å². The van der Waals surface area contributed by atoms with Gasteiger partial charge in [0, 0.05) is 0 Å². The molecule has 0 saturated heterocycles. The fourth-order valence-corrected chi connectivity index (χ4v) is 2.41. The van der Waals surface area contributed by atoms with Gasteiger partial charge < -0.3 is 20.2 Å². The Balaban J connectivity index is 1.79. The minimum atomic E-state index is -1.09. The molecule has 0 aromatic carbocycles. The largest absolute Gasteiger partial charge is 0.474 e. The molecule has 0 bridgehead atoms. The summed E-state index contributed by atoms with van der Waals surface area (Å²) >= 11 is 0. The van der Waals surface area contributed by atoms with Gasteiger partial charge >= 0.3 is 0 Å². The highest BCUT2D eigenvalue weighted by Gasteiger charge is 2.42. The number of pyridine rings is 1. The number of carbonyl (C=O) groups is 2. The Morgan fingerprint density at radius 2 is 2.17 bits per heavy atom. The van der Waals surface area contributed by atoms with Gasteiger partial charge in [0.2, 0.25) is 5.91 Å². The van der Waals surface area contributed by atoms with Gasteiger partial charge in [-0.2, -0.15) is 0 Å². The number of amides is 2. The van der Waals surface area contributed by atoms with Gasteiger partial charge in [-0.3, -0.25) is 14.5 Å². The number of anilines is 2. The van der Waals surface area contributed by atoms with E-state index in [2.05, 4.69) is 10.3 Å². The third kappa shape index (κ3) is 3.03. The molecule has 0 saturated carbocycles. The van der Waals surface area contributed by atoms with E-state index in [4.69, 9.17) is 14.9 Å². The molecule has 0 aliphatic carbocycles. The van der Waals surface area contributed by atoms with Crippen molar-refractivity contribution in [2.24, 2.45) is 0 Å². The maximum Gasteiger partial charge on any atom is 0.272 e. The quantitative estimate of drug-likeness (QED) is 0.868. The number of hydrogen-bond acceptors (Lipinski definition) is 6. The molecule has 126 valence electrons. The van der Waals surface area contributed by atoms with Crippen LogP contribution in [0.2, 0.25) is 0 Å². The summed E-state index contributed by atoms with van der Waals surface area (Å²) < 4.78 is 10.8. The fraction of sp³-hybridized carbons (Fsp3) is 0.312. The van der Waals surface area contributed by atoms with Crippen LogP contribution in [0.25, 0.3) is 0 Å². The van der Waals surface area contributed by atoms with Crippen molar-refractivity contribution in [3.05, 3.63) is 36.3 Å². The molecule has 2 amide bonds. The third-order valence-electron chi connectivity index (χ3n) is 3.58. The smallest absolute Gasteiger partial charge is 0.272 e. The Kier molecular flexibility index (Phi) is 3.88. The molecule has 3 heterocycles. The van der Waals surface area contributed by atoms with E-state index in [1.165, 1.54) is 11.2 Å². The van der Waals surface area contributed by atoms with Crippen molar-refractivity contribution < 1.29 is 18.7 Å². The molecule has 0 atom stereocenters. The molecule has 3 N–H and O–H groups in total. The molecule has 8 heteroatoms. The number of ether oxygens (including phenoxy) is 1. The van der Waals surface area contributed by atoms with Crippen molar-refractivity contribution in [2.45, 2.75) is 26.0 Å². The van der Waals surface area contributed by atoms with Crippen molar-refractivity contribution >= 4 is 23.5 Å². The Morgan fingerprint density at radius 3 is 2.88 bits per heavy atom. The molecular formula is C16H18N4O4. The summed E-state index contributed by atoms with van der Waals surface area (Å²) in [5.41, 5.74) is 4.60. The van der Waals surface area contributed by atoms with E-state index in [0.29, 0.717) is 11.5 Å². The SMILES string of the molecule is CC1(C)Oc2ccc(N)nc2N(CC(=O)NCc2ccco2)C1=O. The van der Waals surface area contributed by atoms with Crippen LogP contribution in [0.1, 0.15) is 19.6 Å². The van der Waals surface area contributed by atoms with Gasteiger partial charge in [0.05, 0.1) is 12.8 Å². The second-order valence-electron chi connectivity index (χ2n) is 5.92. The van der Waals surface area contributed by atoms with Gasteiger partial charge in [-0.15, -0.1) is 0 Å². The zero-order valence-electron chi connectivity index (χ0n) is 13.4. The van der Waals surface area contributed by atoms with Crippen molar-refractivity contribution in [2.75, 3.05) is 17.2 Å². The maximum atomic E-state index is 12.6. The normalized spacial score (nSPS) is 15.6. The number of nitrogens with one attached hydrogen (secondary N) is 1. The van der Waals surface area contributed by atoms with E-state index in [1.54, 1.807) is 38.1 Å². The molecule has 1 aliphatic rings. The Bertz CT molecular complexity index is 770. The number of rotatable bonds is 4. The summed E-state index contributed by atoms with van der Waals surface area (Å²) in [5.74, 6) is 0.819. The number of furan rings is 1. The molecule has 2 aromatic rings. The lowest BCUT2D eigenvalue weighted by molar-refractivity contribution is -0.134. The highest BCUT2D eigenvalue weighted by Crippen LogP contribution is 2.36. The lowest BCUT2D eigenvalue weighted by atomic mass is 10.1. The second kappa shape index (κ2) is 5.88. The summed E-state index contributed by atoms with van der Waals surface area (Å²) in [7, 11) is 0. The summed E-state index contributed by atoms with van der Waals surface area (Å²) in [6, 6.07) is 6.71. The number of aromatic nitrogens is 1. The zero-order chi connectivity index (χ0) is 17.3. The summed E-state index contributed by atoms with van der Waals surface area (Å²) in [6.45, 7) is 3.34. The molecular weight excluding hydrogens is 312 g/mol. The minimum absolute atomic E-state index is 0.185. The van der Waals surface area contributed by atoms with Gasteiger partial charge in [0.1, 0.15) is 18.1 Å². The maximum absolute atomic E-state index is 12.6. The van der Waals surface area contributed by atoms with E-state index < -0.39 is 5.60 Å². The molecule has 3 rings (SSSR count). The molecule has 1 aliphatic heterocycles. The van der Waals surface area contributed by atoms with E-state index in [-0.39, 0.29) is 36.5 Å². The van der Waals surface area contributed by atoms with Crippen LogP contribution in [-0.4, -0.2) is 28.9 Å². The molecule has 24 heavy (non-hydrogen) atoms. The number of fused-ring (bicyclic) bond motifs is 1. The zero-order valence-corrected chi connectivity index (χ0v) is 13.4. The van der Waals surface area contributed by atoms with Crippen LogP contribution in [0.15, 0.2) is 34.9 Å². The summed E-state index contributed by atoms with van der Waals surface area (Å²) in [5, 5.41) is 2.70. The van der Waals surface area contributed by atoms with E-state index >= 15 is 0 Å². The first kappa shape index (κ1) is 15.9. The predicted molar refractivity (Wildman–Crippen MR) is 86.3 cm³/mol. The first-order valence-electron chi connectivity index (χ1n) is 7.43. The molecule has 2 aromatic heterocycles. The van der Waals surface area contributed by atoms with Crippen molar-refractivity contribution in [3.63, 3.8) is 0 Å². The number of nitrogens with two attached hydrogens (primary N) is 1. The number of nitrogen functional groups attached to an aromatic ring is 1. The van der Waals surface area contributed by atoms with Gasteiger partial charge in [-0.25, -0.2) is 4.98 Å². The number of carbonyl (C=O) groups excluding carboxylic acids is 2. The van der Waals surface area contributed by atoms with E-state index in [1.807, 2.05) is 0 Å². The summed E-state index contributed by atoms with van der Waals surface area (Å²) in [6.07, 6.45) is 1.53. The van der Waals surface area contributed by atoms with Crippen LogP contribution in [0.5, 0.6) is 5.75 Å². The van der Waals surface area contributed by atoms with E-state index in [9.17, 15) is 9.59 Å². The van der Waals surface area contributed by atoms with Gasteiger partial charge in [-0.1, -0.05) is 0 Å². The highest BCUT2D eigenvalue weighted by atomic mass is 16.5. The number of hydrogen-bond donors (Lipinski definition) is 2. The topological polar surface area (TPSA) is 111 Å². The fourth-order valence-electron chi connectivity index (χ4n) is 2.41. The Morgan fingerprint density at radius 1 is 1.38 bits per heavy atom. The second-order valence-corrected chi connectivity index (χ2v) is 5.92. The average Bonchev–Trinajstić information content (AvgIpc) is 3.04. The highest BCUT2D eigenvalue weighted by molar-refractivity contribution is 6.05. The predicted octanol–water partition coefficient (Wildman–Crippen LogP) is 1.08. The Hall–Kier alpha value is -3.03. The summed E-state index contributed by atoms with van der Waals surface area (Å²) in [4.78, 5) is 30.2. The first-order chi connectivity index (χ1) is 11.4. The van der Waals surface area contributed by atoms with Gasteiger partial charge in [-0.05, 0) is 38.1 Å². The van der Waals surface area contributed by atoms with Crippen LogP contribution in [0.3, 0.4) is 0 Å².